The van der Waals surface area contributed by atoms with Crippen molar-refractivity contribution in [1.29, 1.82) is 0 Å². The number of ketones is 1. The molecule has 1 aromatic rings. The molecule has 17 heavy (non-hydrogen) atoms. The summed E-state index contributed by atoms with van der Waals surface area (Å²) in [6.45, 7) is 0.643. The van der Waals surface area contributed by atoms with Crippen molar-refractivity contribution in [1.82, 2.24) is 5.32 Å². The van der Waals surface area contributed by atoms with Crippen LogP contribution in [0.3, 0.4) is 0 Å². The number of nitrogens with one attached hydrogen (secondary N) is 1. The minimum absolute atomic E-state index is 0.148. The van der Waals surface area contributed by atoms with Crippen molar-refractivity contribution in [2.75, 3.05) is 20.3 Å². The van der Waals surface area contributed by atoms with Crippen LogP contribution in [0.1, 0.15) is 10.4 Å². The molecule has 0 aromatic heterocycles. The fourth-order valence-corrected chi connectivity index (χ4v) is 1.99. The van der Waals surface area contributed by atoms with Crippen LogP contribution in [0.5, 0.6) is 0 Å². The van der Waals surface area contributed by atoms with E-state index >= 15 is 0 Å². The van der Waals surface area contributed by atoms with Crippen LogP contribution in [0.2, 0.25) is 0 Å². The van der Waals surface area contributed by atoms with E-state index in [4.69, 9.17) is 4.74 Å². The van der Waals surface area contributed by atoms with Crippen molar-refractivity contribution in [2.24, 2.45) is 5.92 Å². The topological polar surface area (TPSA) is 38.3 Å². The van der Waals surface area contributed by atoms with Gasteiger partial charge in [0.2, 0.25) is 0 Å². The molecule has 1 aromatic carbocycles. The molecule has 1 N–H and O–H groups in total. The molecule has 1 aliphatic heterocycles. The minimum Gasteiger partial charge on any atom is -0.379 e. The van der Waals surface area contributed by atoms with Crippen LogP contribution in [0.15, 0.2) is 18.2 Å². The quantitative estimate of drug-likeness (QED) is 0.812. The summed E-state index contributed by atoms with van der Waals surface area (Å²) in [5.74, 6) is -2.97. The predicted molar refractivity (Wildman–Crippen MR) is 57.8 cm³/mol. The average molecular weight is 241 g/mol. The molecular formula is C12H13F2NO2. The Morgan fingerprint density at radius 3 is 2.88 bits per heavy atom. The van der Waals surface area contributed by atoms with E-state index < -0.39 is 23.3 Å². The van der Waals surface area contributed by atoms with Gasteiger partial charge in [0.1, 0.15) is 0 Å². The number of benzene rings is 1. The van der Waals surface area contributed by atoms with Gasteiger partial charge in [0.25, 0.3) is 0 Å². The summed E-state index contributed by atoms with van der Waals surface area (Å²) in [6, 6.07) is 3.47. The first kappa shape index (κ1) is 12.1. The maximum absolute atomic E-state index is 13.5. The molecule has 1 aliphatic rings. The normalized spacial score (nSPS) is 23.9. The second-order valence-corrected chi connectivity index (χ2v) is 4.00. The van der Waals surface area contributed by atoms with E-state index in [-0.39, 0.29) is 18.2 Å². The molecule has 2 unspecified atom stereocenters. The molecular weight excluding hydrogens is 228 g/mol. The molecule has 3 nitrogen and oxygen atoms in total. The average Bonchev–Trinajstić information content (AvgIpc) is 2.80. The molecule has 1 heterocycles. The highest BCUT2D eigenvalue weighted by Crippen LogP contribution is 2.21. The highest BCUT2D eigenvalue weighted by molar-refractivity contribution is 5.98. The Bertz CT molecular complexity index is 437. The Balaban J connectivity index is 2.28. The number of hydrogen-bond donors (Lipinski definition) is 1. The molecule has 92 valence electrons. The van der Waals surface area contributed by atoms with Crippen molar-refractivity contribution in [2.45, 2.75) is 6.04 Å². The first-order valence-electron chi connectivity index (χ1n) is 5.38. The summed E-state index contributed by atoms with van der Waals surface area (Å²) in [5, 5.41) is 2.94. The molecule has 2 atom stereocenters. The summed E-state index contributed by atoms with van der Waals surface area (Å²) in [7, 11) is 1.71. The van der Waals surface area contributed by atoms with Crippen LogP contribution in [-0.4, -0.2) is 32.1 Å². The number of carbonyl (C=O) groups is 1. The number of Topliss-reactive ketones (excluding diaryl/α,β-unsaturated/α-hetero) is 1. The van der Waals surface area contributed by atoms with Gasteiger partial charge in [-0.2, -0.15) is 0 Å². The van der Waals surface area contributed by atoms with E-state index in [1.165, 1.54) is 12.1 Å². The third-order valence-electron chi connectivity index (χ3n) is 3.01. The molecule has 0 radical (unpaired) electrons. The molecule has 0 amide bonds. The van der Waals surface area contributed by atoms with Crippen LogP contribution >= 0.6 is 0 Å². The molecule has 5 heteroatoms. The summed E-state index contributed by atoms with van der Waals surface area (Å²) in [6.07, 6.45) is 0. The van der Waals surface area contributed by atoms with Gasteiger partial charge < -0.3 is 10.1 Å². The number of rotatable bonds is 3. The number of hydrogen-bond acceptors (Lipinski definition) is 3. The van der Waals surface area contributed by atoms with E-state index in [9.17, 15) is 13.6 Å². The maximum atomic E-state index is 13.5. The van der Waals surface area contributed by atoms with Crippen molar-refractivity contribution in [3.05, 3.63) is 35.4 Å². The van der Waals surface area contributed by atoms with Gasteiger partial charge in [-0.3, -0.25) is 4.79 Å². The van der Waals surface area contributed by atoms with Crippen LogP contribution in [0.25, 0.3) is 0 Å². The Labute approximate surface area is 97.8 Å². The summed E-state index contributed by atoms with van der Waals surface area (Å²) >= 11 is 0. The highest BCUT2D eigenvalue weighted by atomic mass is 19.2. The van der Waals surface area contributed by atoms with E-state index in [2.05, 4.69) is 5.32 Å². The predicted octanol–water partition coefficient (Wildman–Crippen LogP) is 1.38. The summed E-state index contributed by atoms with van der Waals surface area (Å²) in [5.41, 5.74) is -0.208. The van der Waals surface area contributed by atoms with E-state index in [1.807, 2.05) is 0 Å². The zero-order chi connectivity index (χ0) is 12.4. The second-order valence-electron chi connectivity index (χ2n) is 4.00. The number of carbonyl (C=O) groups excluding carboxylic acids is 1. The van der Waals surface area contributed by atoms with Gasteiger partial charge in [-0.1, -0.05) is 6.07 Å². The van der Waals surface area contributed by atoms with Gasteiger partial charge >= 0.3 is 0 Å². The largest absolute Gasteiger partial charge is 0.379 e. The van der Waals surface area contributed by atoms with Crippen LogP contribution < -0.4 is 5.32 Å². The fraction of sp³-hybridized carbons (Fsp3) is 0.417. The molecule has 0 saturated carbocycles. The fourth-order valence-electron chi connectivity index (χ4n) is 1.99. The van der Waals surface area contributed by atoms with Gasteiger partial charge in [-0.25, -0.2) is 8.78 Å². The van der Waals surface area contributed by atoms with Gasteiger partial charge in [0.15, 0.2) is 17.4 Å². The molecule has 1 saturated heterocycles. The van der Waals surface area contributed by atoms with Gasteiger partial charge in [-0.05, 0) is 19.2 Å². The Morgan fingerprint density at radius 2 is 2.18 bits per heavy atom. The smallest absolute Gasteiger partial charge is 0.172 e. The number of halogens is 2. The van der Waals surface area contributed by atoms with Crippen molar-refractivity contribution in [3.63, 3.8) is 0 Å². The molecule has 2 rings (SSSR count). The van der Waals surface area contributed by atoms with Crippen molar-refractivity contribution < 1.29 is 18.3 Å². The zero-order valence-electron chi connectivity index (χ0n) is 9.37. The SMILES string of the molecule is CNC1COCC1C(=O)c1cccc(F)c1F. The first-order chi connectivity index (χ1) is 8.15. The summed E-state index contributed by atoms with van der Waals surface area (Å²) in [4.78, 5) is 12.1. The minimum atomic E-state index is -1.08. The third-order valence-corrected chi connectivity index (χ3v) is 3.01. The lowest BCUT2D eigenvalue weighted by Crippen LogP contribution is -2.37. The third kappa shape index (κ3) is 2.21. The highest BCUT2D eigenvalue weighted by Gasteiger charge is 2.34. The lowest BCUT2D eigenvalue weighted by Gasteiger charge is -2.15. The molecule has 0 aliphatic carbocycles. The number of ether oxygens (including phenoxy) is 1. The van der Waals surface area contributed by atoms with Crippen LogP contribution in [0, 0.1) is 17.6 Å². The molecule has 0 bridgehead atoms. The monoisotopic (exact) mass is 241 g/mol. The van der Waals surface area contributed by atoms with Gasteiger partial charge in [0.05, 0.1) is 24.7 Å². The van der Waals surface area contributed by atoms with Gasteiger partial charge in [0, 0.05) is 6.04 Å². The van der Waals surface area contributed by atoms with E-state index in [1.54, 1.807) is 7.05 Å². The maximum Gasteiger partial charge on any atom is 0.172 e. The Kier molecular flexibility index (Phi) is 3.49. The first-order valence-corrected chi connectivity index (χ1v) is 5.38. The Morgan fingerprint density at radius 1 is 1.41 bits per heavy atom. The lowest BCUT2D eigenvalue weighted by atomic mass is 9.93. The van der Waals surface area contributed by atoms with Crippen molar-refractivity contribution in [3.8, 4) is 0 Å². The molecule has 1 fully saturated rings. The second kappa shape index (κ2) is 4.89. The van der Waals surface area contributed by atoms with E-state index in [0.717, 1.165) is 6.07 Å². The van der Waals surface area contributed by atoms with Gasteiger partial charge in [-0.15, -0.1) is 0 Å². The summed E-state index contributed by atoms with van der Waals surface area (Å²) < 4.78 is 31.7. The number of likely N-dealkylation sites (N-methyl/N-ethyl adjacent to an activating group) is 1. The van der Waals surface area contributed by atoms with Crippen molar-refractivity contribution >= 4 is 5.78 Å². The van der Waals surface area contributed by atoms with Crippen LogP contribution in [-0.2, 0) is 4.74 Å². The zero-order valence-corrected chi connectivity index (χ0v) is 9.37. The molecule has 0 spiro atoms. The van der Waals surface area contributed by atoms with E-state index in [0.29, 0.717) is 6.61 Å². The lowest BCUT2D eigenvalue weighted by molar-refractivity contribution is 0.0887. The standard InChI is InChI=1S/C12H13F2NO2/c1-15-10-6-17-5-8(10)12(16)7-3-2-4-9(13)11(7)14/h2-4,8,10,15H,5-6H2,1H3. The van der Waals surface area contributed by atoms with Crippen LogP contribution in [0.4, 0.5) is 8.78 Å². The Hall–Kier alpha value is -1.33.